The van der Waals surface area contributed by atoms with Gasteiger partial charge in [0.2, 0.25) is 5.91 Å². The first-order valence-corrected chi connectivity index (χ1v) is 7.97. The fourth-order valence-electron chi connectivity index (χ4n) is 2.44. The molecule has 1 fully saturated rings. The van der Waals surface area contributed by atoms with Crippen LogP contribution in [0.25, 0.3) is 0 Å². The van der Waals surface area contributed by atoms with Crippen LogP contribution in [0.2, 0.25) is 0 Å². The summed E-state index contributed by atoms with van der Waals surface area (Å²) in [5.74, 6) is 0.318. The number of thioether (sulfide) groups is 1. The van der Waals surface area contributed by atoms with Gasteiger partial charge in [-0.05, 0) is 25.5 Å². The highest BCUT2D eigenvalue weighted by atomic mass is 32.2. The van der Waals surface area contributed by atoms with Crippen LogP contribution in [0.15, 0.2) is 30.3 Å². The maximum Gasteiger partial charge on any atom is 0.243 e. The Bertz CT molecular complexity index is 435. The van der Waals surface area contributed by atoms with Crippen molar-refractivity contribution in [2.24, 2.45) is 5.73 Å². The van der Waals surface area contributed by atoms with Crippen LogP contribution >= 0.6 is 11.8 Å². The zero-order valence-corrected chi connectivity index (χ0v) is 12.6. The summed E-state index contributed by atoms with van der Waals surface area (Å²) in [5.41, 5.74) is 5.81. The molecule has 0 bridgehead atoms. The van der Waals surface area contributed by atoms with Crippen molar-refractivity contribution >= 4 is 17.7 Å². The molecule has 5 heteroatoms. The second-order valence-corrected chi connectivity index (χ2v) is 6.30. The number of ether oxygens (including phenoxy) is 1. The molecule has 1 aromatic carbocycles. The smallest absolute Gasteiger partial charge is 0.243 e. The van der Waals surface area contributed by atoms with Crippen LogP contribution in [0.5, 0.6) is 0 Å². The van der Waals surface area contributed by atoms with Gasteiger partial charge in [-0.15, -0.1) is 0 Å². The third-order valence-corrected chi connectivity index (χ3v) is 5.36. The summed E-state index contributed by atoms with van der Waals surface area (Å²) in [7, 11) is 1.79. The van der Waals surface area contributed by atoms with Gasteiger partial charge in [0, 0.05) is 24.2 Å². The Morgan fingerprint density at radius 1 is 1.40 bits per heavy atom. The number of carbonyl (C=O) groups is 1. The first-order valence-electron chi connectivity index (χ1n) is 6.93. The van der Waals surface area contributed by atoms with Gasteiger partial charge in [-0.2, -0.15) is 11.8 Å². The lowest BCUT2D eigenvalue weighted by atomic mass is 9.91. The van der Waals surface area contributed by atoms with Crippen molar-refractivity contribution < 1.29 is 9.53 Å². The predicted molar refractivity (Wildman–Crippen MR) is 82.7 cm³/mol. The van der Waals surface area contributed by atoms with Crippen molar-refractivity contribution in [3.8, 4) is 0 Å². The topological polar surface area (TPSA) is 64.3 Å². The molecule has 0 aliphatic carbocycles. The highest BCUT2D eigenvalue weighted by Gasteiger charge is 2.37. The molecule has 1 aromatic rings. The van der Waals surface area contributed by atoms with Gasteiger partial charge in [-0.3, -0.25) is 4.79 Å². The van der Waals surface area contributed by atoms with E-state index in [9.17, 15) is 4.79 Å². The Labute approximate surface area is 124 Å². The Morgan fingerprint density at radius 3 is 2.60 bits per heavy atom. The Balaban J connectivity index is 2.12. The van der Waals surface area contributed by atoms with E-state index in [1.165, 1.54) is 0 Å². The first kappa shape index (κ1) is 15.4. The average molecular weight is 294 g/mol. The Kier molecular flexibility index (Phi) is 5.46. The molecule has 4 nitrogen and oxygen atoms in total. The van der Waals surface area contributed by atoms with E-state index in [1.807, 2.05) is 42.1 Å². The van der Waals surface area contributed by atoms with Crippen LogP contribution < -0.4 is 11.1 Å². The molecule has 1 heterocycles. The van der Waals surface area contributed by atoms with E-state index in [0.717, 1.165) is 31.6 Å². The Morgan fingerprint density at radius 2 is 2.05 bits per heavy atom. The van der Waals surface area contributed by atoms with E-state index >= 15 is 0 Å². The van der Waals surface area contributed by atoms with Crippen LogP contribution in [0.1, 0.15) is 18.4 Å². The molecule has 2 rings (SSSR count). The molecule has 0 aromatic heterocycles. The molecule has 1 atom stereocenters. The van der Waals surface area contributed by atoms with E-state index in [2.05, 4.69) is 5.32 Å². The summed E-state index contributed by atoms with van der Waals surface area (Å²) in [5, 5.41) is 3.69. The number of nitrogens with two attached hydrogens (primary N) is 1. The summed E-state index contributed by atoms with van der Waals surface area (Å²) in [6.45, 7) is 1.62. The standard InChI is InChI=1S/C15H22N2O2S/c1-17-15(14(16)18,12-5-3-2-4-6-12)11-20-13-7-9-19-10-8-13/h2-6,13,17H,7-11H2,1H3,(H2,16,18). The first-order chi connectivity index (χ1) is 9.69. The SMILES string of the molecule is CNC(CSC1CCOCC1)(C(N)=O)c1ccccc1. The van der Waals surface area contributed by atoms with Crippen LogP contribution in [0, 0.1) is 0 Å². The minimum atomic E-state index is -0.801. The minimum Gasteiger partial charge on any atom is -0.381 e. The Hall–Kier alpha value is -1.04. The molecule has 20 heavy (non-hydrogen) atoms. The van der Waals surface area contributed by atoms with Gasteiger partial charge >= 0.3 is 0 Å². The summed E-state index contributed by atoms with van der Waals surface area (Å²) in [6, 6.07) is 9.71. The molecule has 1 aliphatic heterocycles. The van der Waals surface area contributed by atoms with Crippen molar-refractivity contribution in [2.75, 3.05) is 26.0 Å². The van der Waals surface area contributed by atoms with Gasteiger partial charge in [0.1, 0.15) is 5.54 Å². The van der Waals surface area contributed by atoms with Gasteiger partial charge in [-0.1, -0.05) is 30.3 Å². The van der Waals surface area contributed by atoms with Gasteiger partial charge < -0.3 is 15.8 Å². The lowest BCUT2D eigenvalue weighted by Crippen LogP contribution is -2.53. The maximum absolute atomic E-state index is 12.0. The van der Waals surface area contributed by atoms with Crippen LogP contribution in [0.3, 0.4) is 0 Å². The minimum absolute atomic E-state index is 0.328. The largest absolute Gasteiger partial charge is 0.381 e. The molecular formula is C15H22N2O2S. The maximum atomic E-state index is 12.0. The zero-order chi connectivity index (χ0) is 14.4. The predicted octanol–water partition coefficient (Wildman–Crippen LogP) is 1.50. The number of rotatable bonds is 6. The molecule has 1 amide bonds. The number of carbonyl (C=O) groups excluding carboxylic acids is 1. The quantitative estimate of drug-likeness (QED) is 0.834. The highest BCUT2D eigenvalue weighted by molar-refractivity contribution is 8.00. The molecule has 1 aliphatic rings. The highest BCUT2D eigenvalue weighted by Crippen LogP contribution is 2.30. The molecule has 1 saturated heterocycles. The van der Waals surface area contributed by atoms with Crippen LogP contribution in [-0.2, 0) is 15.1 Å². The van der Waals surface area contributed by atoms with Crippen molar-refractivity contribution in [1.29, 1.82) is 0 Å². The van der Waals surface area contributed by atoms with Crippen molar-refractivity contribution in [2.45, 2.75) is 23.6 Å². The van der Waals surface area contributed by atoms with Crippen LogP contribution in [-0.4, -0.2) is 37.2 Å². The summed E-state index contributed by atoms with van der Waals surface area (Å²) >= 11 is 1.81. The second-order valence-electron chi connectivity index (χ2n) is 5.01. The second kappa shape index (κ2) is 7.11. The normalized spacial score (nSPS) is 19.4. The molecule has 110 valence electrons. The molecule has 0 spiro atoms. The lowest BCUT2D eigenvalue weighted by molar-refractivity contribution is -0.123. The number of hydrogen-bond acceptors (Lipinski definition) is 4. The van der Waals surface area contributed by atoms with Crippen molar-refractivity contribution in [3.63, 3.8) is 0 Å². The fraction of sp³-hybridized carbons (Fsp3) is 0.533. The summed E-state index contributed by atoms with van der Waals surface area (Å²) in [6.07, 6.45) is 2.08. The summed E-state index contributed by atoms with van der Waals surface area (Å²) in [4.78, 5) is 12.0. The molecule has 1 unspecified atom stereocenters. The average Bonchev–Trinajstić information content (AvgIpc) is 2.50. The molecule has 3 N–H and O–H groups in total. The van der Waals surface area contributed by atoms with Crippen molar-refractivity contribution in [3.05, 3.63) is 35.9 Å². The van der Waals surface area contributed by atoms with E-state index in [-0.39, 0.29) is 5.91 Å². The molecule has 0 radical (unpaired) electrons. The number of benzene rings is 1. The number of primary amides is 1. The zero-order valence-electron chi connectivity index (χ0n) is 11.8. The number of nitrogens with one attached hydrogen (secondary N) is 1. The van der Waals surface area contributed by atoms with Crippen molar-refractivity contribution in [1.82, 2.24) is 5.32 Å². The van der Waals surface area contributed by atoms with Gasteiger partial charge in [0.25, 0.3) is 0 Å². The number of likely N-dealkylation sites (N-methyl/N-ethyl adjacent to an activating group) is 1. The van der Waals surface area contributed by atoms with E-state index in [4.69, 9.17) is 10.5 Å². The molecule has 0 saturated carbocycles. The van der Waals surface area contributed by atoms with E-state index in [0.29, 0.717) is 11.0 Å². The third-order valence-electron chi connectivity index (χ3n) is 3.82. The monoisotopic (exact) mass is 294 g/mol. The summed E-state index contributed by atoms with van der Waals surface area (Å²) < 4.78 is 5.37. The molecular weight excluding hydrogens is 272 g/mol. The van der Waals surface area contributed by atoms with Gasteiger partial charge in [0.15, 0.2) is 0 Å². The van der Waals surface area contributed by atoms with E-state index < -0.39 is 5.54 Å². The van der Waals surface area contributed by atoms with Crippen LogP contribution in [0.4, 0.5) is 0 Å². The van der Waals surface area contributed by atoms with Gasteiger partial charge in [-0.25, -0.2) is 0 Å². The lowest BCUT2D eigenvalue weighted by Gasteiger charge is -2.32. The fourth-order valence-corrected chi connectivity index (χ4v) is 3.91. The van der Waals surface area contributed by atoms with E-state index in [1.54, 1.807) is 7.05 Å². The third kappa shape index (κ3) is 3.34. The number of amides is 1. The number of hydrogen-bond donors (Lipinski definition) is 2. The van der Waals surface area contributed by atoms with Gasteiger partial charge in [0.05, 0.1) is 0 Å².